The third-order valence-electron chi connectivity index (χ3n) is 4.91. The second-order valence-corrected chi connectivity index (χ2v) is 8.51. The molecule has 0 radical (unpaired) electrons. The predicted molar refractivity (Wildman–Crippen MR) is 119 cm³/mol. The van der Waals surface area contributed by atoms with E-state index in [0.29, 0.717) is 18.1 Å². The zero-order valence-corrected chi connectivity index (χ0v) is 18.3. The SMILES string of the molecule is CC(=O)NC(CC(=O)NCC(=O)N1CCN(c2ccc(Cl)cc2)CC1)c1cccs1. The molecule has 1 saturated heterocycles. The van der Waals surface area contributed by atoms with Gasteiger partial charge in [-0.1, -0.05) is 17.7 Å². The van der Waals surface area contributed by atoms with Gasteiger partial charge in [0.2, 0.25) is 17.7 Å². The van der Waals surface area contributed by atoms with E-state index >= 15 is 0 Å². The van der Waals surface area contributed by atoms with Gasteiger partial charge in [0.05, 0.1) is 19.0 Å². The molecule has 7 nitrogen and oxygen atoms in total. The van der Waals surface area contributed by atoms with Crippen LogP contribution in [0, 0.1) is 0 Å². The van der Waals surface area contributed by atoms with Gasteiger partial charge in [-0.05, 0) is 35.7 Å². The van der Waals surface area contributed by atoms with Crippen LogP contribution in [0.1, 0.15) is 24.3 Å². The fourth-order valence-corrected chi connectivity index (χ4v) is 4.27. The molecule has 1 aromatic carbocycles. The van der Waals surface area contributed by atoms with Gasteiger partial charge in [-0.15, -0.1) is 11.3 Å². The first-order valence-corrected chi connectivity index (χ1v) is 11.0. The number of piperazine rings is 1. The van der Waals surface area contributed by atoms with Crippen LogP contribution in [0.15, 0.2) is 41.8 Å². The molecule has 160 valence electrons. The molecule has 1 atom stereocenters. The first kappa shape index (κ1) is 22.1. The van der Waals surface area contributed by atoms with E-state index in [-0.39, 0.29) is 36.7 Å². The van der Waals surface area contributed by atoms with Crippen molar-refractivity contribution in [2.45, 2.75) is 19.4 Å². The summed E-state index contributed by atoms with van der Waals surface area (Å²) >= 11 is 7.41. The number of rotatable bonds is 7. The number of anilines is 1. The van der Waals surface area contributed by atoms with Crippen LogP contribution in [0.2, 0.25) is 5.02 Å². The molecule has 2 heterocycles. The maximum Gasteiger partial charge on any atom is 0.242 e. The first-order chi connectivity index (χ1) is 14.4. The molecule has 0 saturated carbocycles. The molecule has 2 aromatic rings. The number of benzene rings is 1. The average Bonchev–Trinajstić information content (AvgIpc) is 3.27. The summed E-state index contributed by atoms with van der Waals surface area (Å²) < 4.78 is 0. The van der Waals surface area contributed by atoms with Crippen LogP contribution in [0.3, 0.4) is 0 Å². The number of hydrogen-bond acceptors (Lipinski definition) is 5. The highest BCUT2D eigenvalue weighted by atomic mass is 35.5. The Hall–Kier alpha value is -2.58. The highest BCUT2D eigenvalue weighted by Crippen LogP contribution is 2.22. The molecular formula is C21H25ClN4O3S. The van der Waals surface area contributed by atoms with Crippen LogP contribution >= 0.6 is 22.9 Å². The van der Waals surface area contributed by atoms with Crippen molar-refractivity contribution in [1.82, 2.24) is 15.5 Å². The number of nitrogens with one attached hydrogen (secondary N) is 2. The summed E-state index contributed by atoms with van der Waals surface area (Å²) in [5, 5.41) is 8.07. The van der Waals surface area contributed by atoms with E-state index in [1.807, 2.05) is 41.8 Å². The fraction of sp³-hybridized carbons (Fsp3) is 0.381. The fourth-order valence-electron chi connectivity index (χ4n) is 3.37. The van der Waals surface area contributed by atoms with Crippen molar-refractivity contribution in [1.29, 1.82) is 0 Å². The minimum absolute atomic E-state index is 0.0446. The third-order valence-corrected chi connectivity index (χ3v) is 6.15. The van der Waals surface area contributed by atoms with E-state index in [9.17, 15) is 14.4 Å². The van der Waals surface area contributed by atoms with Crippen LogP contribution < -0.4 is 15.5 Å². The Kier molecular flexibility index (Phi) is 7.70. The minimum Gasteiger partial charge on any atom is -0.368 e. The summed E-state index contributed by atoms with van der Waals surface area (Å²) in [6.07, 6.45) is 0.0950. The lowest BCUT2D eigenvalue weighted by molar-refractivity contribution is -0.133. The number of carbonyl (C=O) groups is 3. The largest absolute Gasteiger partial charge is 0.368 e. The first-order valence-electron chi connectivity index (χ1n) is 9.78. The Balaban J connectivity index is 1.44. The van der Waals surface area contributed by atoms with Crippen molar-refractivity contribution in [2.24, 2.45) is 0 Å². The molecule has 2 N–H and O–H groups in total. The van der Waals surface area contributed by atoms with Gasteiger partial charge in [0.15, 0.2) is 0 Å². The van der Waals surface area contributed by atoms with Crippen LogP contribution in [-0.2, 0) is 14.4 Å². The van der Waals surface area contributed by atoms with Crippen molar-refractivity contribution >= 4 is 46.3 Å². The Labute approximate surface area is 185 Å². The van der Waals surface area contributed by atoms with E-state index in [2.05, 4.69) is 15.5 Å². The smallest absolute Gasteiger partial charge is 0.242 e. The normalized spacial score (nSPS) is 14.9. The van der Waals surface area contributed by atoms with E-state index in [0.717, 1.165) is 23.7 Å². The number of amides is 3. The number of nitrogens with zero attached hydrogens (tertiary/aromatic N) is 2. The Morgan fingerprint density at radius 1 is 1.10 bits per heavy atom. The van der Waals surface area contributed by atoms with Crippen LogP contribution in [0.25, 0.3) is 0 Å². The molecular weight excluding hydrogens is 424 g/mol. The molecule has 3 amide bonds. The van der Waals surface area contributed by atoms with Gasteiger partial charge in [0.1, 0.15) is 0 Å². The van der Waals surface area contributed by atoms with E-state index < -0.39 is 0 Å². The van der Waals surface area contributed by atoms with E-state index in [1.54, 1.807) is 4.90 Å². The molecule has 1 aliphatic heterocycles. The number of hydrogen-bond donors (Lipinski definition) is 2. The van der Waals surface area contributed by atoms with Gasteiger partial charge in [-0.3, -0.25) is 14.4 Å². The van der Waals surface area contributed by atoms with Gasteiger partial charge in [0.25, 0.3) is 0 Å². The molecule has 1 aromatic heterocycles. The second kappa shape index (κ2) is 10.4. The summed E-state index contributed by atoms with van der Waals surface area (Å²) in [4.78, 5) is 41.1. The zero-order chi connectivity index (χ0) is 21.5. The summed E-state index contributed by atoms with van der Waals surface area (Å²) in [5.74, 6) is -0.572. The van der Waals surface area contributed by atoms with E-state index in [1.165, 1.54) is 18.3 Å². The Bertz CT molecular complexity index is 865. The van der Waals surface area contributed by atoms with Crippen molar-refractivity contribution < 1.29 is 14.4 Å². The number of halogens is 1. The molecule has 0 aliphatic carbocycles. The van der Waals surface area contributed by atoms with Crippen LogP contribution in [-0.4, -0.2) is 55.3 Å². The van der Waals surface area contributed by atoms with Crippen molar-refractivity contribution in [3.8, 4) is 0 Å². The lowest BCUT2D eigenvalue weighted by atomic mass is 10.1. The lowest BCUT2D eigenvalue weighted by Gasteiger charge is -2.36. The number of carbonyl (C=O) groups excluding carboxylic acids is 3. The zero-order valence-electron chi connectivity index (χ0n) is 16.8. The van der Waals surface area contributed by atoms with Crippen molar-refractivity contribution in [3.05, 3.63) is 51.7 Å². The number of thiophene rings is 1. The topological polar surface area (TPSA) is 81.8 Å². The molecule has 1 unspecified atom stereocenters. The van der Waals surface area contributed by atoms with E-state index in [4.69, 9.17) is 11.6 Å². The maximum atomic E-state index is 12.5. The van der Waals surface area contributed by atoms with Gasteiger partial charge >= 0.3 is 0 Å². The minimum atomic E-state index is -0.388. The Morgan fingerprint density at radius 2 is 1.80 bits per heavy atom. The molecule has 9 heteroatoms. The lowest BCUT2D eigenvalue weighted by Crippen LogP contribution is -2.51. The standard InChI is InChI=1S/C21H25ClN4O3S/c1-15(27)24-18(19-3-2-12-30-19)13-20(28)23-14-21(29)26-10-8-25(9-11-26)17-6-4-16(22)5-7-17/h2-7,12,18H,8-11,13-14H2,1H3,(H,23,28)(H,24,27). The molecule has 3 rings (SSSR count). The third kappa shape index (κ3) is 6.21. The summed E-state index contributed by atoms with van der Waals surface area (Å²) in [6.45, 7) is 4.03. The van der Waals surface area contributed by atoms with Gasteiger partial charge in [0, 0.05) is 48.7 Å². The monoisotopic (exact) mass is 448 g/mol. The predicted octanol–water partition coefficient (Wildman–Crippen LogP) is 2.43. The second-order valence-electron chi connectivity index (χ2n) is 7.09. The summed E-state index contributed by atoms with van der Waals surface area (Å²) in [5.41, 5.74) is 1.08. The van der Waals surface area contributed by atoms with Crippen molar-refractivity contribution in [2.75, 3.05) is 37.6 Å². The molecule has 1 aliphatic rings. The summed E-state index contributed by atoms with van der Waals surface area (Å²) in [6, 6.07) is 11.0. The van der Waals surface area contributed by atoms with Crippen LogP contribution in [0.4, 0.5) is 5.69 Å². The molecule has 1 fully saturated rings. The molecule has 0 bridgehead atoms. The Morgan fingerprint density at radius 3 is 2.40 bits per heavy atom. The maximum absolute atomic E-state index is 12.5. The van der Waals surface area contributed by atoms with Gasteiger partial charge < -0.3 is 20.4 Å². The molecule has 0 spiro atoms. The van der Waals surface area contributed by atoms with Crippen molar-refractivity contribution in [3.63, 3.8) is 0 Å². The average molecular weight is 449 g/mol. The van der Waals surface area contributed by atoms with Gasteiger partial charge in [-0.25, -0.2) is 0 Å². The summed E-state index contributed by atoms with van der Waals surface area (Å²) in [7, 11) is 0. The molecule has 30 heavy (non-hydrogen) atoms. The van der Waals surface area contributed by atoms with Gasteiger partial charge in [-0.2, -0.15) is 0 Å². The quantitative estimate of drug-likeness (QED) is 0.681. The highest BCUT2D eigenvalue weighted by molar-refractivity contribution is 7.10. The highest BCUT2D eigenvalue weighted by Gasteiger charge is 2.23. The van der Waals surface area contributed by atoms with Crippen LogP contribution in [0.5, 0.6) is 0 Å².